The van der Waals surface area contributed by atoms with Gasteiger partial charge in [0.2, 0.25) is 0 Å². The van der Waals surface area contributed by atoms with Gasteiger partial charge in [-0.3, -0.25) is 4.79 Å². The van der Waals surface area contributed by atoms with E-state index < -0.39 is 5.91 Å². The lowest BCUT2D eigenvalue weighted by Gasteiger charge is -2.13. The number of carbonyl (C=O) groups is 1. The van der Waals surface area contributed by atoms with Crippen molar-refractivity contribution in [3.05, 3.63) is 58.1 Å². The first-order valence-electron chi connectivity index (χ1n) is 8.84. The van der Waals surface area contributed by atoms with Gasteiger partial charge in [-0.25, -0.2) is 0 Å². The van der Waals surface area contributed by atoms with Gasteiger partial charge < -0.3 is 14.8 Å². The van der Waals surface area contributed by atoms with E-state index in [0.29, 0.717) is 40.3 Å². The van der Waals surface area contributed by atoms with Gasteiger partial charge >= 0.3 is 0 Å². The Morgan fingerprint density at radius 2 is 2.00 bits per heavy atom. The highest BCUT2D eigenvalue weighted by molar-refractivity contribution is 6.30. The minimum absolute atomic E-state index is 0.0211. The standard InChI is InChI=1S/C22H23ClN2O3/c1-14(2)13-28-20-8-5-16(11-21(20)27-4)10-17(12-24)22(26)25-19-7-6-18(23)9-15(19)3/h5-11,14H,13H2,1-4H3,(H,25,26)/b17-10+. The fourth-order valence-corrected chi connectivity index (χ4v) is 2.65. The molecule has 5 nitrogen and oxygen atoms in total. The van der Waals surface area contributed by atoms with Crippen LogP contribution in [0.2, 0.25) is 5.02 Å². The second kappa shape index (κ2) is 9.82. The van der Waals surface area contributed by atoms with Crippen LogP contribution in [0.25, 0.3) is 6.08 Å². The van der Waals surface area contributed by atoms with Crippen molar-refractivity contribution in [1.29, 1.82) is 5.26 Å². The highest BCUT2D eigenvalue weighted by Gasteiger charge is 2.12. The smallest absolute Gasteiger partial charge is 0.266 e. The molecule has 0 radical (unpaired) electrons. The number of methoxy groups -OCH3 is 1. The third-order valence-electron chi connectivity index (χ3n) is 3.87. The van der Waals surface area contributed by atoms with E-state index in [2.05, 4.69) is 19.2 Å². The number of halogens is 1. The van der Waals surface area contributed by atoms with Crippen molar-refractivity contribution >= 4 is 29.3 Å². The molecule has 0 aliphatic heterocycles. The molecule has 6 heteroatoms. The monoisotopic (exact) mass is 398 g/mol. The number of anilines is 1. The molecule has 2 aromatic rings. The van der Waals surface area contributed by atoms with Gasteiger partial charge in [0.25, 0.3) is 5.91 Å². The number of rotatable bonds is 7. The van der Waals surface area contributed by atoms with Crippen LogP contribution in [0.15, 0.2) is 42.0 Å². The van der Waals surface area contributed by atoms with Gasteiger partial charge in [0.1, 0.15) is 11.6 Å². The second-order valence-electron chi connectivity index (χ2n) is 6.70. The zero-order valence-electron chi connectivity index (χ0n) is 16.4. The molecule has 1 amide bonds. The number of nitriles is 1. The number of aryl methyl sites for hydroxylation is 1. The predicted molar refractivity (Wildman–Crippen MR) is 112 cm³/mol. The first kappa shape index (κ1) is 21.3. The third kappa shape index (κ3) is 5.77. The van der Waals surface area contributed by atoms with Crippen LogP contribution in [-0.4, -0.2) is 19.6 Å². The molecule has 146 valence electrons. The lowest BCUT2D eigenvalue weighted by molar-refractivity contribution is -0.112. The number of hydrogen-bond acceptors (Lipinski definition) is 4. The van der Waals surface area contributed by atoms with Crippen LogP contribution < -0.4 is 14.8 Å². The maximum Gasteiger partial charge on any atom is 0.266 e. The van der Waals surface area contributed by atoms with Gasteiger partial charge in [-0.1, -0.05) is 31.5 Å². The molecular weight excluding hydrogens is 376 g/mol. The van der Waals surface area contributed by atoms with Gasteiger partial charge in [0.15, 0.2) is 11.5 Å². The zero-order chi connectivity index (χ0) is 20.7. The molecule has 0 aromatic heterocycles. The molecule has 0 atom stereocenters. The Hall–Kier alpha value is -2.97. The summed E-state index contributed by atoms with van der Waals surface area (Å²) in [6.45, 7) is 6.52. The normalized spacial score (nSPS) is 11.1. The number of amides is 1. The van der Waals surface area contributed by atoms with E-state index in [1.165, 1.54) is 6.08 Å². The van der Waals surface area contributed by atoms with Crippen molar-refractivity contribution < 1.29 is 14.3 Å². The molecule has 0 fully saturated rings. The number of hydrogen-bond donors (Lipinski definition) is 1. The predicted octanol–water partition coefficient (Wildman–Crippen LogP) is 5.24. The maximum absolute atomic E-state index is 12.5. The summed E-state index contributed by atoms with van der Waals surface area (Å²) in [6.07, 6.45) is 1.51. The molecule has 0 saturated heterocycles. The first-order valence-corrected chi connectivity index (χ1v) is 9.22. The van der Waals surface area contributed by atoms with E-state index in [0.717, 1.165) is 5.56 Å². The lowest BCUT2D eigenvalue weighted by atomic mass is 10.1. The topological polar surface area (TPSA) is 71.3 Å². The SMILES string of the molecule is COc1cc(/C=C(\C#N)C(=O)Nc2ccc(Cl)cc2C)ccc1OCC(C)C. The highest BCUT2D eigenvalue weighted by Crippen LogP contribution is 2.29. The number of nitrogens with one attached hydrogen (secondary N) is 1. The van der Waals surface area contributed by atoms with Gasteiger partial charge in [-0.2, -0.15) is 5.26 Å². The van der Waals surface area contributed by atoms with Crippen LogP contribution in [0.5, 0.6) is 11.5 Å². The number of ether oxygens (including phenoxy) is 2. The number of benzene rings is 2. The highest BCUT2D eigenvalue weighted by atomic mass is 35.5. The van der Waals surface area contributed by atoms with Crippen molar-refractivity contribution in [1.82, 2.24) is 0 Å². The fourth-order valence-electron chi connectivity index (χ4n) is 2.42. The molecular formula is C22H23ClN2O3. The Morgan fingerprint density at radius 1 is 1.25 bits per heavy atom. The molecule has 0 spiro atoms. The van der Waals surface area contributed by atoms with Crippen molar-refractivity contribution in [2.75, 3.05) is 19.0 Å². The molecule has 0 bridgehead atoms. The van der Waals surface area contributed by atoms with Crippen molar-refractivity contribution in [3.8, 4) is 17.6 Å². The Bertz CT molecular complexity index is 930. The van der Waals surface area contributed by atoms with Gasteiger partial charge in [-0.05, 0) is 60.4 Å². The zero-order valence-corrected chi connectivity index (χ0v) is 17.1. The quantitative estimate of drug-likeness (QED) is 0.511. The van der Waals surface area contributed by atoms with Crippen molar-refractivity contribution in [2.45, 2.75) is 20.8 Å². The molecule has 0 saturated carbocycles. The minimum Gasteiger partial charge on any atom is -0.493 e. The summed E-state index contributed by atoms with van der Waals surface area (Å²) in [5.74, 6) is 1.05. The average molecular weight is 399 g/mol. The van der Waals surface area contributed by atoms with E-state index in [1.54, 1.807) is 43.5 Å². The number of nitrogens with zero attached hydrogens (tertiary/aromatic N) is 1. The van der Waals surface area contributed by atoms with Crippen LogP contribution in [-0.2, 0) is 4.79 Å². The van der Waals surface area contributed by atoms with Crippen molar-refractivity contribution in [3.63, 3.8) is 0 Å². The molecule has 28 heavy (non-hydrogen) atoms. The van der Waals surface area contributed by atoms with Crippen LogP contribution in [0.1, 0.15) is 25.0 Å². The Balaban J connectivity index is 2.23. The number of carbonyl (C=O) groups excluding carboxylic acids is 1. The minimum atomic E-state index is -0.493. The summed E-state index contributed by atoms with van der Waals surface area (Å²) in [7, 11) is 1.55. The molecule has 2 rings (SSSR count). The Labute approximate surface area is 170 Å². The van der Waals surface area contributed by atoms with Crippen LogP contribution in [0, 0.1) is 24.2 Å². The molecule has 0 aliphatic carbocycles. The van der Waals surface area contributed by atoms with Gasteiger partial charge in [0, 0.05) is 10.7 Å². The van der Waals surface area contributed by atoms with Gasteiger partial charge in [-0.15, -0.1) is 0 Å². The fraction of sp³-hybridized carbons (Fsp3) is 0.273. The Morgan fingerprint density at radius 3 is 2.61 bits per heavy atom. The Kier molecular flexibility index (Phi) is 7.48. The molecule has 0 unspecified atom stereocenters. The summed E-state index contributed by atoms with van der Waals surface area (Å²) < 4.78 is 11.1. The first-order chi connectivity index (χ1) is 13.3. The van der Waals surface area contributed by atoms with Crippen molar-refractivity contribution in [2.24, 2.45) is 5.92 Å². The van der Waals surface area contributed by atoms with E-state index in [1.807, 2.05) is 13.0 Å². The van der Waals surface area contributed by atoms with Crippen LogP contribution >= 0.6 is 11.6 Å². The van der Waals surface area contributed by atoms with Crippen LogP contribution in [0.4, 0.5) is 5.69 Å². The van der Waals surface area contributed by atoms with E-state index in [4.69, 9.17) is 21.1 Å². The molecule has 0 heterocycles. The molecule has 1 N–H and O–H groups in total. The molecule has 0 aliphatic rings. The summed E-state index contributed by atoms with van der Waals surface area (Å²) in [4.78, 5) is 12.5. The molecule has 2 aromatic carbocycles. The van der Waals surface area contributed by atoms with E-state index in [9.17, 15) is 10.1 Å². The summed E-state index contributed by atoms with van der Waals surface area (Å²) in [5.41, 5.74) is 2.05. The maximum atomic E-state index is 12.5. The largest absolute Gasteiger partial charge is 0.493 e. The second-order valence-corrected chi connectivity index (χ2v) is 7.13. The van der Waals surface area contributed by atoms with Gasteiger partial charge in [0.05, 0.1) is 13.7 Å². The van der Waals surface area contributed by atoms with E-state index in [-0.39, 0.29) is 5.57 Å². The van der Waals surface area contributed by atoms with Crippen LogP contribution in [0.3, 0.4) is 0 Å². The summed E-state index contributed by atoms with van der Waals surface area (Å²) in [6, 6.07) is 12.3. The summed E-state index contributed by atoms with van der Waals surface area (Å²) in [5, 5.41) is 12.7. The third-order valence-corrected chi connectivity index (χ3v) is 4.11. The average Bonchev–Trinajstić information content (AvgIpc) is 2.66. The van der Waals surface area contributed by atoms with E-state index >= 15 is 0 Å². The summed E-state index contributed by atoms with van der Waals surface area (Å²) >= 11 is 5.93. The lowest BCUT2D eigenvalue weighted by Crippen LogP contribution is -2.14.